The van der Waals surface area contributed by atoms with E-state index in [9.17, 15) is 4.79 Å². The van der Waals surface area contributed by atoms with E-state index in [1.165, 1.54) is 0 Å². The number of rotatable bonds is 3. The van der Waals surface area contributed by atoms with Crippen LogP contribution in [0.4, 0.5) is 5.69 Å². The summed E-state index contributed by atoms with van der Waals surface area (Å²) >= 11 is 0. The number of esters is 1. The van der Waals surface area contributed by atoms with Crippen LogP contribution in [-0.2, 0) is 9.53 Å². The molecule has 0 bridgehead atoms. The predicted octanol–water partition coefficient (Wildman–Crippen LogP) is 3.93. The van der Waals surface area contributed by atoms with Crippen LogP contribution in [0.15, 0.2) is 66.0 Å². The van der Waals surface area contributed by atoms with Gasteiger partial charge in [0.05, 0.1) is 35.1 Å². The van der Waals surface area contributed by atoms with Gasteiger partial charge < -0.3 is 10.1 Å². The molecule has 1 aliphatic heterocycles. The van der Waals surface area contributed by atoms with E-state index in [1.54, 1.807) is 6.20 Å². The van der Waals surface area contributed by atoms with Gasteiger partial charge in [-0.05, 0) is 31.2 Å². The molecule has 1 saturated heterocycles. The van der Waals surface area contributed by atoms with E-state index in [-0.39, 0.29) is 5.97 Å². The van der Waals surface area contributed by atoms with Gasteiger partial charge in [-0.1, -0.05) is 24.3 Å². The fraction of sp³-hybridized carbons (Fsp3) is 0.150. The number of hydrogen-bond donors (Lipinski definition) is 1. The lowest BCUT2D eigenvalue weighted by atomic mass is 10.1. The van der Waals surface area contributed by atoms with Crippen molar-refractivity contribution >= 4 is 22.7 Å². The average Bonchev–Trinajstić information content (AvgIpc) is 3.07. The minimum atomic E-state index is -0.235. The van der Waals surface area contributed by atoms with E-state index < -0.39 is 0 Å². The molecule has 4 rings (SSSR count). The van der Waals surface area contributed by atoms with Gasteiger partial charge in [0.1, 0.15) is 0 Å². The van der Waals surface area contributed by atoms with Gasteiger partial charge in [-0.25, -0.2) is 9.78 Å². The maximum atomic E-state index is 11.7. The molecule has 1 aromatic heterocycles. The lowest BCUT2D eigenvalue weighted by Crippen LogP contribution is -2.04. The van der Waals surface area contributed by atoms with E-state index in [4.69, 9.17) is 4.74 Å². The van der Waals surface area contributed by atoms with Crippen molar-refractivity contribution in [3.05, 3.63) is 66.0 Å². The number of para-hydroxylation sites is 2. The Labute approximate surface area is 145 Å². The van der Waals surface area contributed by atoms with E-state index in [1.807, 2.05) is 55.5 Å². The number of carbonyl (C=O) groups excluding carboxylic acids is 1. The fourth-order valence-corrected chi connectivity index (χ4v) is 2.92. The smallest absolute Gasteiger partial charge is 0.335 e. The van der Waals surface area contributed by atoms with Crippen molar-refractivity contribution in [1.82, 2.24) is 9.97 Å². The first kappa shape index (κ1) is 15.3. The zero-order chi connectivity index (χ0) is 17.2. The highest BCUT2D eigenvalue weighted by molar-refractivity contribution is 5.91. The van der Waals surface area contributed by atoms with Gasteiger partial charge in [-0.2, -0.15) is 0 Å². The molecule has 2 aromatic carbocycles. The van der Waals surface area contributed by atoms with Crippen LogP contribution in [0.25, 0.3) is 22.3 Å². The lowest BCUT2D eigenvalue weighted by molar-refractivity contribution is -0.135. The molecule has 1 N–H and O–H groups in total. The van der Waals surface area contributed by atoms with Crippen molar-refractivity contribution in [1.29, 1.82) is 0 Å². The molecule has 1 fully saturated rings. The average molecular weight is 331 g/mol. The van der Waals surface area contributed by atoms with Crippen molar-refractivity contribution in [3.8, 4) is 11.3 Å². The summed E-state index contributed by atoms with van der Waals surface area (Å²) in [5, 5.41) is 3.29. The van der Waals surface area contributed by atoms with Crippen LogP contribution in [-0.4, -0.2) is 22.5 Å². The van der Waals surface area contributed by atoms with Crippen molar-refractivity contribution in [2.45, 2.75) is 13.3 Å². The molecule has 5 heteroatoms. The summed E-state index contributed by atoms with van der Waals surface area (Å²) in [6.07, 6.45) is 2.43. The maximum absolute atomic E-state index is 11.7. The van der Waals surface area contributed by atoms with Crippen LogP contribution in [0, 0.1) is 0 Å². The molecule has 5 nitrogen and oxygen atoms in total. The Hall–Kier alpha value is -3.21. The van der Waals surface area contributed by atoms with Gasteiger partial charge >= 0.3 is 5.97 Å². The molecule has 124 valence electrons. The third kappa shape index (κ3) is 3.08. The van der Waals surface area contributed by atoms with Gasteiger partial charge in [0.15, 0.2) is 0 Å². The highest BCUT2D eigenvalue weighted by Gasteiger charge is 2.21. The molecule has 0 unspecified atom stereocenters. The summed E-state index contributed by atoms with van der Waals surface area (Å²) in [6.45, 7) is 2.35. The van der Waals surface area contributed by atoms with Crippen molar-refractivity contribution in [2.24, 2.45) is 0 Å². The summed E-state index contributed by atoms with van der Waals surface area (Å²) in [5.74, 6) is -0.235. The Bertz CT molecular complexity index is 995. The summed E-state index contributed by atoms with van der Waals surface area (Å²) in [5.41, 5.74) is 5.95. The standard InChI is InChI=1S/C20H17N3O2/c1-13(16-9-10-25-20(16)24)22-15-6-4-5-14(11-15)19-12-21-17-7-2-3-8-18(17)23-19/h2-8,11-12,22H,9-10H2,1H3/b16-13-. The van der Waals surface area contributed by atoms with Gasteiger partial charge in [0, 0.05) is 23.4 Å². The highest BCUT2D eigenvalue weighted by Crippen LogP contribution is 2.24. The van der Waals surface area contributed by atoms with Crippen LogP contribution in [0.5, 0.6) is 0 Å². The number of ether oxygens (including phenoxy) is 1. The number of nitrogens with one attached hydrogen (secondary N) is 1. The summed E-state index contributed by atoms with van der Waals surface area (Å²) in [4.78, 5) is 20.8. The molecule has 1 aliphatic rings. The Kier molecular flexibility index (Phi) is 3.90. The number of allylic oxidation sites excluding steroid dienone is 1. The maximum Gasteiger partial charge on any atom is 0.335 e. The van der Waals surface area contributed by atoms with Crippen LogP contribution in [0.3, 0.4) is 0 Å². The topological polar surface area (TPSA) is 64.1 Å². The molecule has 0 atom stereocenters. The summed E-state index contributed by atoms with van der Waals surface area (Å²) in [7, 11) is 0. The zero-order valence-corrected chi connectivity index (χ0v) is 13.8. The van der Waals surface area contributed by atoms with Crippen LogP contribution >= 0.6 is 0 Å². The van der Waals surface area contributed by atoms with Crippen molar-refractivity contribution in [2.75, 3.05) is 11.9 Å². The number of carbonyl (C=O) groups is 1. The Morgan fingerprint density at radius 1 is 1.12 bits per heavy atom. The molecule has 25 heavy (non-hydrogen) atoms. The molecule has 0 radical (unpaired) electrons. The number of cyclic esters (lactones) is 1. The normalized spacial score (nSPS) is 16.0. The van der Waals surface area contributed by atoms with Gasteiger partial charge in [-0.3, -0.25) is 4.98 Å². The van der Waals surface area contributed by atoms with E-state index in [0.29, 0.717) is 18.6 Å². The van der Waals surface area contributed by atoms with Gasteiger partial charge in [0.2, 0.25) is 0 Å². The van der Waals surface area contributed by atoms with E-state index >= 15 is 0 Å². The first-order valence-corrected chi connectivity index (χ1v) is 8.17. The third-order valence-corrected chi connectivity index (χ3v) is 4.22. The molecular weight excluding hydrogens is 314 g/mol. The van der Waals surface area contributed by atoms with Crippen LogP contribution in [0.2, 0.25) is 0 Å². The number of fused-ring (bicyclic) bond motifs is 1. The Morgan fingerprint density at radius 3 is 2.76 bits per heavy atom. The second kappa shape index (κ2) is 6.36. The minimum absolute atomic E-state index is 0.235. The Morgan fingerprint density at radius 2 is 1.96 bits per heavy atom. The molecule has 0 amide bonds. The minimum Gasteiger partial charge on any atom is -0.462 e. The summed E-state index contributed by atoms with van der Waals surface area (Å²) in [6, 6.07) is 15.7. The van der Waals surface area contributed by atoms with Crippen LogP contribution < -0.4 is 5.32 Å². The van der Waals surface area contributed by atoms with Gasteiger partial charge in [0.25, 0.3) is 0 Å². The van der Waals surface area contributed by atoms with E-state index in [0.717, 1.165) is 33.7 Å². The molecule has 2 heterocycles. The highest BCUT2D eigenvalue weighted by atomic mass is 16.5. The number of anilines is 1. The monoisotopic (exact) mass is 331 g/mol. The van der Waals surface area contributed by atoms with Crippen molar-refractivity contribution in [3.63, 3.8) is 0 Å². The van der Waals surface area contributed by atoms with Crippen molar-refractivity contribution < 1.29 is 9.53 Å². The number of aromatic nitrogens is 2. The van der Waals surface area contributed by atoms with Gasteiger partial charge in [-0.15, -0.1) is 0 Å². The third-order valence-electron chi connectivity index (χ3n) is 4.22. The largest absolute Gasteiger partial charge is 0.462 e. The molecular formula is C20H17N3O2. The lowest BCUT2D eigenvalue weighted by Gasteiger charge is -2.10. The first-order chi connectivity index (χ1) is 12.2. The van der Waals surface area contributed by atoms with E-state index in [2.05, 4.69) is 15.3 Å². The molecule has 0 saturated carbocycles. The molecule has 0 spiro atoms. The first-order valence-electron chi connectivity index (χ1n) is 8.17. The second-order valence-electron chi connectivity index (χ2n) is 5.94. The zero-order valence-electron chi connectivity index (χ0n) is 13.8. The number of nitrogens with zero attached hydrogens (tertiary/aromatic N) is 2. The number of hydrogen-bond acceptors (Lipinski definition) is 5. The quantitative estimate of drug-likeness (QED) is 0.582. The van der Waals surface area contributed by atoms with Crippen LogP contribution in [0.1, 0.15) is 13.3 Å². The summed E-state index contributed by atoms with van der Waals surface area (Å²) < 4.78 is 5.00. The Balaban J connectivity index is 1.65. The SMILES string of the molecule is C/C(Nc1cccc(-c2cnc3ccccc3n2)c1)=C1\CCOC1=O. The molecule has 3 aromatic rings. The fourth-order valence-electron chi connectivity index (χ4n) is 2.92. The number of benzene rings is 2. The molecule has 0 aliphatic carbocycles. The predicted molar refractivity (Wildman–Crippen MR) is 96.9 cm³/mol. The second-order valence-corrected chi connectivity index (χ2v) is 5.94.